The molecular formula is C21H29FIN7. The van der Waals surface area contributed by atoms with E-state index in [1.165, 1.54) is 17.8 Å². The van der Waals surface area contributed by atoms with Gasteiger partial charge in [0, 0.05) is 45.0 Å². The fourth-order valence-corrected chi connectivity index (χ4v) is 3.10. The summed E-state index contributed by atoms with van der Waals surface area (Å²) in [5, 5.41) is 15.6. The lowest BCUT2D eigenvalue weighted by Gasteiger charge is -2.11. The second-order valence-electron chi connectivity index (χ2n) is 6.91. The van der Waals surface area contributed by atoms with E-state index in [9.17, 15) is 4.39 Å². The molecular weight excluding hydrogens is 496 g/mol. The van der Waals surface area contributed by atoms with Crippen molar-refractivity contribution in [2.24, 2.45) is 4.99 Å². The zero-order valence-corrected chi connectivity index (χ0v) is 19.9. The summed E-state index contributed by atoms with van der Waals surface area (Å²) in [6, 6.07) is 10.3. The van der Waals surface area contributed by atoms with Crippen molar-refractivity contribution in [3.8, 4) is 5.69 Å². The minimum absolute atomic E-state index is 0. The highest BCUT2D eigenvalue weighted by Crippen LogP contribution is 2.09. The third kappa shape index (κ3) is 6.82. The van der Waals surface area contributed by atoms with E-state index in [4.69, 9.17) is 0 Å². The van der Waals surface area contributed by atoms with Gasteiger partial charge in [-0.1, -0.05) is 0 Å². The normalized spacial score (nSPS) is 11.3. The molecule has 0 bridgehead atoms. The Labute approximate surface area is 193 Å². The first-order valence-electron chi connectivity index (χ1n) is 9.81. The van der Waals surface area contributed by atoms with E-state index in [2.05, 4.69) is 38.8 Å². The van der Waals surface area contributed by atoms with E-state index in [1.54, 1.807) is 23.9 Å². The molecule has 0 aliphatic carbocycles. The highest BCUT2D eigenvalue weighted by atomic mass is 127. The van der Waals surface area contributed by atoms with Gasteiger partial charge in [0.05, 0.1) is 17.1 Å². The SMILES string of the molecule is CN=C(NCCCn1nc(C)cc1C)NCCc1ccn(-c2ccc(F)cc2)n1.I. The number of nitrogens with one attached hydrogen (secondary N) is 2. The second kappa shape index (κ2) is 11.7. The number of halogens is 2. The van der Waals surface area contributed by atoms with Crippen molar-refractivity contribution >= 4 is 29.9 Å². The third-order valence-corrected chi connectivity index (χ3v) is 4.58. The predicted molar refractivity (Wildman–Crippen MR) is 128 cm³/mol. The number of aromatic nitrogens is 4. The zero-order valence-electron chi connectivity index (χ0n) is 17.6. The number of aryl methyl sites for hydroxylation is 3. The Morgan fingerprint density at radius 2 is 1.80 bits per heavy atom. The Hall–Kier alpha value is -2.43. The van der Waals surface area contributed by atoms with E-state index < -0.39 is 0 Å². The second-order valence-corrected chi connectivity index (χ2v) is 6.91. The fraction of sp³-hybridized carbons (Fsp3) is 0.381. The van der Waals surface area contributed by atoms with Crippen LogP contribution >= 0.6 is 24.0 Å². The van der Waals surface area contributed by atoms with Crippen LogP contribution in [-0.4, -0.2) is 45.7 Å². The number of rotatable bonds is 8. The van der Waals surface area contributed by atoms with Gasteiger partial charge in [-0.2, -0.15) is 10.2 Å². The highest BCUT2D eigenvalue weighted by Gasteiger charge is 2.04. The van der Waals surface area contributed by atoms with Crippen molar-refractivity contribution in [2.45, 2.75) is 33.2 Å². The molecule has 3 aromatic rings. The molecule has 162 valence electrons. The molecule has 0 unspecified atom stereocenters. The van der Waals surface area contributed by atoms with Crippen LogP contribution in [0.25, 0.3) is 5.69 Å². The molecule has 0 aliphatic heterocycles. The van der Waals surface area contributed by atoms with Gasteiger partial charge in [-0.25, -0.2) is 9.07 Å². The Kier molecular flexibility index (Phi) is 9.28. The first-order chi connectivity index (χ1) is 14.0. The molecule has 0 amide bonds. The number of benzene rings is 1. The molecule has 2 aromatic heterocycles. The molecule has 2 heterocycles. The Morgan fingerprint density at radius 1 is 1.07 bits per heavy atom. The summed E-state index contributed by atoms with van der Waals surface area (Å²) in [5.41, 5.74) is 4.03. The van der Waals surface area contributed by atoms with Crippen molar-refractivity contribution in [2.75, 3.05) is 20.1 Å². The van der Waals surface area contributed by atoms with Crippen molar-refractivity contribution in [1.29, 1.82) is 0 Å². The van der Waals surface area contributed by atoms with Crippen LogP contribution in [0.3, 0.4) is 0 Å². The van der Waals surface area contributed by atoms with Crippen molar-refractivity contribution < 1.29 is 4.39 Å². The molecule has 1 aromatic carbocycles. The summed E-state index contributed by atoms with van der Waals surface area (Å²) in [7, 11) is 1.76. The Bertz CT molecular complexity index is 947. The zero-order chi connectivity index (χ0) is 20.6. The maximum atomic E-state index is 13.0. The summed E-state index contributed by atoms with van der Waals surface area (Å²) in [6.07, 6.45) is 3.61. The van der Waals surface area contributed by atoms with Crippen LogP contribution in [-0.2, 0) is 13.0 Å². The first-order valence-corrected chi connectivity index (χ1v) is 9.81. The standard InChI is InChI=1S/C21H28FN7.HI/c1-16-15-17(2)28(26-16)13-4-11-24-21(23-3)25-12-9-19-10-14-29(27-19)20-7-5-18(22)6-8-20;/h5-8,10,14-15H,4,9,11-13H2,1-3H3,(H2,23,24,25);1H. The van der Waals surface area contributed by atoms with Gasteiger partial charge in [0.15, 0.2) is 5.96 Å². The van der Waals surface area contributed by atoms with Crippen LogP contribution in [0.1, 0.15) is 23.5 Å². The van der Waals surface area contributed by atoms with Crippen LogP contribution in [0.15, 0.2) is 47.6 Å². The van der Waals surface area contributed by atoms with E-state index in [-0.39, 0.29) is 29.8 Å². The third-order valence-electron chi connectivity index (χ3n) is 4.58. The molecule has 30 heavy (non-hydrogen) atoms. The summed E-state index contributed by atoms with van der Waals surface area (Å²) in [5.74, 6) is 0.524. The van der Waals surface area contributed by atoms with Crippen LogP contribution in [0.4, 0.5) is 4.39 Å². The molecule has 3 rings (SSSR count). The monoisotopic (exact) mass is 525 g/mol. The molecule has 0 aliphatic rings. The molecule has 2 N–H and O–H groups in total. The van der Waals surface area contributed by atoms with E-state index in [0.29, 0.717) is 0 Å². The molecule has 0 saturated carbocycles. The molecule has 9 heteroatoms. The average molecular weight is 525 g/mol. The maximum absolute atomic E-state index is 13.0. The van der Waals surface area contributed by atoms with E-state index in [1.807, 2.05) is 23.9 Å². The quantitative estimate of drug-likeness (QED) is 0.205. The molecule has 0 atom stereocenters. The van der Waals surface area contributed by atoms with E-state index in [0.717, 1.165) is 55.5 Å². The van der Waals surface area contributed by atoms with Crippen molar-refractivity contribution in [3.05, 3.63) is 65.5 Å². The van der Waals surface area contributed by atoms with Crippen molar-refractivity contribution in [1.82, 2.24) is 30.2 Å². The number of guanidine groups is 1. The van der Waals surface area contributed by atoms with Gasteiger partial charge in [0.1, 0.15) is 5.82 Å². The van der Waals surface area contributed by atoms with Gasteiger partial charge < -0.3 is 10.6 Å². The van der Waals surface area contributed by atoms with Crippen molar-refractivity contribution in [3.63, 3.8) is 0 Å². The van der Waals surface area contributed by atoms with Crippen LogP contribution < -0.4 is 10.6 Å². The Morgan fingerprint density at radius 3 is 2.47 bits per heavy atom. The lowest BCUT2D eigenvalue weighted by atomic mass is 10.3. The van der Waals surface area contributed by atoms with Gasteiger partial charge in [0.2, 0.25) is 0 Å². The minimum atomic E-state index is -0.251. The fourth-order valence-electron chi connectivity index (χ4n) is 3.10. The minimum Gasteiger partial charge on any atom is -0.356 e. The number of aliphatic imine (C=N–C) groups is 1. The summed E-state index contributed by atoms with van der Waals surface area (Å²) >= 11 is 0. The number of nitrogens with zero attached hydrogens (tertiary/aromatic N) is 5. The van der Waals surface area contributed by atoms with Crippen LogP contribution in [0, 0.1) is 19.7 Å². The van der Waals surface area contributed by atoms with Gasteiger partial charge >= 0.3 is 0 Å². The molecule has 7 nitrogen and oxygen atoms in total. The topological polar surface area (TPSA) is 72.1 Å². The molecule has 0 fully saturated rings. The smallest absolute Gasteiger partial charge is 0.190 e. The van der Waals surface area contributed by atoms with Gasteiger partial charge in [-0.15, -0.1) is 24.0 Å². The number of hydrogen-bond donors (Lipinski definition) is 2. The number of hydrogen-bond acceptors (Lipinski definition) is 3. The van der Waals surface area contributed by atoms with Crippen LogP contribution in [0.5, 0.6) is 0 Å². The van der Waals surface area contributed by atoms with Gasteiger partial charge in [0.25, 0.3) is 0 Å². The summed E-state index contributed by atoms with van der Waals surface area (Å²) in [4.78, 5) is 4.26. The first kappa shape index (κ1) is 23.8. The lowest BCUT2D eigenvalue weighted by Crippen LogP contribution is -2.39. The van der Waals surface area contributed by atoms with Gasteiger partial charge in [-0.3, -0.25) is 9.67 Å². The lowest BCUT2D eigenvalue weighted by molar-refractivity contribution is 0.555. The summed E-state index contributed by atoms with van der Waals surface area (Å²) in [6.45, 7) is 6.50. The molecule has 0 radical (unpaired) electrons. The molecule has 0 saturated heterocycles. The Balaban J connectivity index is 0.00000320. The predicted octanol–water partition coefficient (Wildman–Crippen LogP) is 3.24. The summed E-state index contributed by atoms with van der Waals surface area (Å²) < 4.78 is 16.8. The van der Waals surface area contributed by atoms with Crippen LogP contribution in [0.2, 0.25) is 0 Å². The molecule has 0 spiro atoms. The average Bonchev–Trinajstić information content (AvgIpc) is 3.30. The largest absolute Gasteiger partial charge is 0.356 e. The highest BCUT2D eigenvalue weighted by molar-refractivity contribution is 14.0. The van der Waals surface area contributed by atoms with E-state index >= 15 is 0 Å². The maximum Gasteiger partial charge on any atom is 0.190 e. The van der Waals surface area contributed by atoms with Gasteiger partial charge in [-0.05, 0) is 56.7 Å².